The quantitative estimate of drug-likeness (QED) is 0.484. The van der Waals surface area contributed by atoms with E-state index in [4.69, 9.17) is 0 Å². The highest BCUT2D eigenvalue weighted by atomic mass is 16.0. The summed E-state index contributed by atoms with van der Waals surface area (Å²) in [6.45, 7) is 8.48. The highest BCUT2D eigenvalue weighted by Crippen LogP contribution is 1.96. The topological polar surface area (TPSA) is 66.5 Å². The smallest absolute Gasteiger partial charge is 0.0440 e. The first kappa shape index (κ1) is 15.6. The Balaban J connectivity index is -0.000000125. The van der Waals surface area contributed by atoms with Crippen LogP contribution in [0.3, 0.4) is 0 Å². The molecule has 0 saturated carbocycles. The van der Waals surface area contributed by atoms with Gasteiger partial charge in [0.15, 0.2) is 0 Å². The summed E-state index contributed by atoms with van der Waals surface area (Å²) >= 11 is 0. The maximum absolute atomic E-state index is 2.12. The van der Waals surface area contributed by atoms with Crippen LogP contribution in [0.5, 0.6) is 0 Å². The molecule has 2 heteroatoms. The SMILES string of the molecule is CC(C)=C(C)C.N.O. The fourth-order valence-corrected chi connectivity index (χ4v) is 0. The molecule has 0 rings (SSSR count). The second kappa shape index (κ2) is 6.66. The molecule has 0 aromatic heterocycles. The molecular formula is C6H17NO. The average molecular weight is 119 g/mol. The molecule has 5 N–H and O–H groups in total. The van der Waals surface area contributed by atoms with Crippen molar-refractivity contribution in [3.63, 3.8) is 0 Å². The first-order valence-corrected chi connectivity index (χ1v) is 2.25. The van der Waals surface area contributed by atoms with Crippen LogP contribution < -0.4 is 6.15 Å². The molecule has 0 atom stereocenters. The third kappa shape index (κ3) is 9.18. The van der Waals surface area contributed by atoms with Gasteiger partial charge in [-0.2, -0.15) is 0 Å². The van der Waals surface area contributed by atoms with Gasteiger partial charge >= 0.3 is 0 Å². The largest absolute Gasteiger partial charge is 0.412 e. The van der Waals surface area contributed by atoms with Crippen LogP contribution in [0, 0.1) is 0 Å². The van der Waals surface area contributed by atoms with Crippen molar-refractivity contribution in [2.24, 2.45) is 0 Å². The number of hydrogen-bond acceptors (Lipinski definition) is 1. The van der Waals surface area contributed by atoms with E-state index in [1.54, 1.807) is 0 Å². The molecule has 0 aliphatic heterocycles. The predicted molar refractivity (Wildman–Crippen MR) is 38.4 cm³/mol. The van der Waals surface area contributed by atoms with Gasteiger partial charge in [0.25, 0.3) is 0 Å². The van der Waals surface area contributed by atoms with Crippen molar-refractivity contribution in [3.8, 4) is 0 Å². The molecule has 0 aromatic rings. The fourth-order valence-electron chi connectivity index (χ4n) is 0. The van der Waals surface area contributed by atoms with Crippen molar-refractivity contribution >= 4 is 0 Å². The van der Waals surface area contributed by atoms with Crippen molar-refractivity contribution in [1.29, 1.82) is 0 Å². The molecule has 0 spiro atoms. The lowest BCUT2D eigenvalue weighted by atomic mass is 10.2. The summed E-state index contributed by atoms with van der Waals surface area (Å²) in [5.41, 5.74) is 2.85. The molecule has 0 aliphatic rings. The molecule has 0 bridgehead atoms. The van der Waals surface area contributed by atoms with Gasteiger partial charge in [0.2, 0.25) is 0 Å². The number of allylic oxidation sites excluding steroid dienone is 2. The normalized spacial score (nSPS) is 6.00. The molecule has 52 valence electrons. The van der Waals surface area contributed by atoms with Gasteiger partial charge in [0.05, 0.1) is 0 Å². The summed E-state index contributed by atoms with van der Waals surface area (Å²) < 4.78 is 0. The van der Waals surface area contributed by atoms with Crippen molar-refractivity contribution in [2.75, 3.05) is 0 Å². The van der Waals surface area contributed by atoms with E-state index in [9.17, 15) is 0 Å². The van der Waals surface area contributed by atoms with Crippen molar-refractivity contribution in [3.05, 3.63) is 11.1 Å². The van der Waals surface area contributed by atoms with Crippen LogP contribution in [0.15, 0.2) is 11.1 Å². The predicted octanol–water partition coefficient (Wildman–Crippen LogP) is 1.70. The maximum Gasteiger partial charge on any atom is -0.0440 e. The molecule has 0 radical (unpaired) electrons. The minimum atomic E-state index is 0. The minimum Gasteiger partial charge on any atom is -0.412 e. The summed E-state index contributed by atoms with van der Waals surface area (Å²) in [4.78, 5) is 0. The lowest BCUT2D eigenvalue weighted by Gasteiger charge is -1.88. The third-order valence-electron chi connectivity index (χ3n) is 1.00. The lowest BCUT2D eigenvalue weighted by molar-refractivity contribution is 0.824. The van der Waals surface area contributed by atoms with Gasteiger partial charge in [-0.25, -0.2) is 0 Å². The lowest BCUT2D eigenvalue weighted by Crippen LogP contribution is -1.66. The Hall–Kier alpha value is -0.340. The standard InChI is InChI=1S/C6H12.H3N.H2O/c1-5(2)6(3)4;;/h1-4H3;1H3;1H2. The van der Waals surface area contributed by atoms with Gasteiger partial charge in [0, 0.05) is 0 Å². The zero-order chi connectivity index (χ0) is 5.15. The molecule has 0 aliphatic carbocycles. The van der Waals surface area contributed by atoms with Gasteiger partial charge in [0.1, 0.15) is 0 Å². The Bertz CT molecular complexity index is 58.6. The van der Waals surface area contributed by atoms with E-state index >= 15 is 0 Å². The number of hydrogen-bond donors (Lipinski definition) is 1. The monoisotopic (exact) mass is 119 g/mol. The van der Waals surface area contributed by atoms with Crippen LogP contribution in [0.25, 0.3) is 0 Å². The summed E-state index contributed by atoms with van der Waals surface area (Å²) in [6.07, 6.45) is 0. The first-order valence-electron chi connectivity index (χ1n) is 2.25. The molecule has 0 amide bonds. The fraction of sp³-hybridized carbons (Fsp3) is 0.667. The molecule has 2 nitrogen and oxygen atoms in total. The maximum atomic E-state index is 2.12. The molecule has 0 aromatic carbocycles. The second-order valence-electron chi connectivity index (χ2n) is 2.00. The van der Waals surface area contributed by atoms with Gasteiger partial charge < -0.3 is 11.6 Å². The second-order valence-corrected chi connectivity index (χ2v) is 2.00. The minimum absolute atomic E-state index is 0. The first-order chi connectivity index (χ1) is 2.64. The van der Waals surface area contributed by atoms with E-state index < -0.39 is 0 Å². The zero-order valence-corrected chi connectivity index (χ0v) is 6.21. The van der Waals surface area contributed by atoms with Crippen LogP contribution >= 0.6 is 0 Å². The van der Waals surface area contributed by atoms with Crippen LogP contribution in [-0.2, 0) is 0 Å². The average Bonchev–Trinajstić information content (AvgIpc) is 1.36. The van der Waals surface area contributed by atoms with Crippen LogP contribution in [0.1, 0.15) is 27.7 Å². The summed E-state index contributed by atoms with van der Waals surface area (Å²) in [5, 5.41) is 0. The molecule has 8 heavy (non-hydrogen) atoms. The third-order valence-corrected chi connectivity index (χ3v) is 1.00. The molecule has 0 unspecified atom stereocenters. The number of rotatable bonds is 0. The molecule has 0 heterocycles. The Labute approximate surface area is 51.5 Å². The molecule has 0 fully saturated rings. The highest BCUT2D eigenvalue weighted by molar-refractivity contribution is 5.02. The van der Waals surface area contributed by atoms with E-state index in [2.05, 4.69) is 27.7 Å². The van der Waals surface area contributed by atoms with Gasteiger partial charge in [-0.05, 0) is 27.7 Å². The van der Waals surface area contributed by atoms with Gasteiger partial charge in [-0.15, -0.1) is 0 Å². The van der Waals surface area contributed by atoms with Crippen molar-refractivity contribution in [1.82, 2.24) is 6.15 Å². The zero-order valence-electron chi connectivity index (χ0n) is 6.21. The van der Waals surface area contributed by atoms with Gasteiger partial charge in [-0.3, -0.25) is 0 Å². The van der Waals surface area contributed by atoms with Crippen LogP contribution in [-0.4, -0.2) is 5.48 Å². The van der Waals surface area contributed by atoms with Crippen LogP contribution in [0.2, 0.25) is 0 Å². The van der Waals surface area contributed by atoms with Gasteiger partial charge in [-0.1, -0.05) is 11.1 Å². The van der Waals surface area contributed by atoms with Crippen molar-refractivity contribution < 1.29 is 5.48 Å². The molecule has 0 saturated heterocycles. The van der Waals surface area contributed by atoms with E-state index in [0.717, 1.165) is 0 Å². The van der Waals surface area contributed by atoms with Crippen molar-refractivity contribution in [2.45, 2.75) is 27.7 Å². The van der Waals surface area contributed by atoms with Crippen LogP contribution in [0.4, 0.5) is 0 Å². The summed E-state index contributed by atoms with van der Waals surface area (Å²) in [6, 6.07) is 0. The summed E-state index contributed by atoms with van der Waals surface area (Å²) in [7, 11) is 0. The summed E-state index contributed by atoms with van der Waals surface area (Å²) in [5.74, 6) is 0. The Morgan fingerprint density at radius 1 is 0.750 bits per heavy atom. The Morgan fingerprint density at radius 3 is 0.875 bits per heavy atom. The molecular weight excluding hydrogens is 102 g/mol. The highest BCUT2D eigenvalue weighted by Gasteiger charge is 1.75. The van der Waals surface area contributed by atoms with E-state index in [-0.39, 0.29) is 11.6 Å². The Morgan fingerprint density at radius 2 is 0.875 bits per heavy atom. The van der Waals surface area contributed by atoms with E-state index in [1.807, 2.05) is 0 Å². The van der Waals surface area contributed by atoms with E-state index in [0.29, 0.717) is 0 Å². The van der Waals surface area contributed by atoms with E-state index in [1.165, 1.54) is 11.1 Å². The Kier molecular flexibility index (Phi) is 13.0.